The first-order valence-corrected chi connectivity index (χ1v) is 10.5. The van der Waals surface area contributed by atoms with Gasteiger partial charge in [0.05, 0.1) is 18.2 Å². The highest BCUT2D eigenvalue weighted by Gasteiger charge is 2.35. The van der Waals surface area contributed by atoms with Gasteiger partial charge in [0.15, 0.2) is 0 Å². The number of aliphatic hydroxyl groups excluding tert-OH is 1. The van der Waals surface area contributed by atoms with Gasteiger partial charge in [0, 0.05) is 30.9 Å². The fraction of sp³-hybridized carbons (Fsp3) is 0.435. The first-order chi connectivity index (χ1) is 14.7. The molecule has 0 saturated carbocycles. The number of alkyl halides is 3. The Hall–Kier alpha value is -2.74. The molecule has 2 aromatic carbocycles. The van der Waals surface area contributed by atoms with Crippen LogP contribution in [0.3, 0.4) is 0 Å². The molecule has 0 radical (unpaired) electrons. The lowest BCUT2D eigenvalue weighted by Gasteiger charge is -2.29. The number of rotatable bonds is 4. The number of benzene rings is 2. The number of nitrogens with two attached hydrogens (primary N) is 1. The SMILES string of the molecule is NC(=O)N(Cc1ccc(C(F)(F)F)c(N2CCCC2)c1)c1cccc2c1CC(O)CC2. The van der Waals surface area contributed by atoms with Gasteiger partial charge in [-0.15, -0.1) is 0 Å². The molecule has 166 valence electrons. The standard InChI is InChI=1S/C23H26F3N3O2/c24-23(25,26)19-9-6-15(12-21(19)28-10-1-2-11-28)14-29(22(27)31)20-5-3-4-16-7-8-17(30)13-18(16)20/h3-6,9,12,17,30H,1-2,7-8,10-11,13-14H2,(H2,27,31). The molecule has 1 aliphatic heterocycles. The lowest BCUT2D eigenvalue weighted by atomic mass is 9.88. The lowest BCUT2D eigenvalue weighted by Crippen LogP contribution is -2.37. The molecule has 0 bridgehead atoms. The molecule has 1 heterocycles. The minimum absolute atomic E-state index is 0.0564. The van der Waals surface area contributed by atoms with Gasteiger partial charge in [0.1, 0.15) is 0 Å². The van der Waals surface area contributed by atoms with Crippen LogP contribution in [0.2, 0.25) is 0 Å². The van der Waals surface area contributed by atoms with E-state index in [1.54, 1.807) is 11.0 Å². The molecule has 2 aromatic rings. The highest BCUT2D eigenvalue weighted by Crippen LogP contribution is 2.39. The zero-order valence-electron chi connectivity index (χ0n) is 17.2. The summed E-state index contributed by atoms with van der Waals surface area (Å²) in [6, 6.07) is 8.91. The largest absolute Gasteiger partial charge is 0.418 e. The van der Waals surface area contributed by atoms with E-state index in [0.29, 0.717) is 43.6 Å². The molecule has 2 amide bonds. The smallest absolute Gasteiger partial charge is 0.393 e. The van der Waals surface area contributed by atoms with Crippen molar-refractivity contribution in [2.24, 2.45) is 5.73 Å². The molecule has 2 aliphatic rings. The third-order valence-electron chi connectivity index (χ3n) is 6.15. The van der Waals surface area contributed by atoms with Gasteiger partial charge >= 0.3 is 12.2 Å². The summed E-state index contributed by atoms with van der Waals surface area (Å²) >= 11 is 0. The maximum absolute atomic E-state index is 13.6. The third-order valence-corrected chi connectivity index (χ3v) is 6.15. The highest BCUT2D eigenvalue weighted by molar-refractivity contribution is 5.91. The number of halogens is 3. The van der Waals surface area contributed by atoms with Gasteiger partial charge in [0.25, 0.3) is 0 Å². The molecule has 4 rings (SSSR count). The fourth-order valence-corrected chi connectivity index (χ4v) is 4.60. The summed E-state index contributed by atoms with van der Waals surface area (Å²) in [7, 11) is 0. The average molecular weight is 433 g/mol. The Labute approximate surface area is 179 Å². The van der Waals surface area contributed by atoms with E-state index >= 15 is 0 Å². The molecular formula is C23H26F3N3O2. The van der Waals surface area contributed by atoms with Crippen LogP contribution >= 0.6 is 0 Å². The molecule has 0 spiro atoms. The number of hydrogen-bond acceptors (Lipinski definition) is 3. The highest BCUT2D eigenvalue weighted by atomic mass is 19.4. The molecule has 0 aromatic heterocycles. The Balaban J connectivity index is 1.70. The molecule has 3 N–H and O–H groups in total. The third kappa shape index (κ3) is 4.49. The first kappa shape index (κ1) is 21.5. The number of aryl methyl sites for hydroxylation is 1. The van der Waals surface area contributed by atoms with E-state index < -0.39 is 23.9 Å². The van der Waals surface area contributed by atoms with E-state index in [-0.39, 0.29) is 12.2 Å². The van der Waals surface area contributed by atoms with E-state index in [0.717, 1.165) is 30.0 Å². The summed E-state index contributed by atoms with van der Waals surface area (Å²) in [4.78, 5) is 15.5. The van der Waals surface area contributed by atoms with Gasteiger partial charge in [-0.3, -0.25) is 4.90 Å². The molecule has 1 saturated heterocycles. The van der Waals surface area contributed by atoms with Crippen LogP contribution in [0, 0.1) is 0 Å². The quantitative estimate of drug-likeness (QED) is 0.758. The monoisotopic (exact) mass is 433 g/mol. The van der Waals surface area contributed by atoms with Crippen molar-refractivity contribution in [3.8, 4) is 0 Å². The Bertz CT molecular complexity index is 971. The molecule has 8 heteroatoms. The zero-order chi connectivity index (χ0) is 22.2. The molecule has 5 nitrogen and oxygen atoms in total. The van der Waals surface area contributed by atoms with Gasteiger partial charge < -0.3 is 15.7 Å². The second kappa shape index (κ2) is 8.42. The fourth-order valence-electron chi connectivity index (χ4n) is 4.60. The van der Waals surface area contributed by atoms with E-state index in [9.17, 15) is 23.1 Å². The molecule has 1 atom stereocenters. The summed E-state index contributed by atoms with van der Waals surface area (Å²) in [6.45, 7) is 1.22. The lowest BCUT2D eigenvalue weighted by molar-refractivity contribution is -0.137. The summed E-state index contributed by atoms with van der Waals surface area (Å²) in [5.41, 5.74) is 8.26. The summed E-state index contributed by atoms with van der Waals surface area (Å²) in [5, 5.41) is 10.1. The molecule has 31 heavy (non-hydrogen) atoms. The average Bonchev–Trinajstić information content (AvgIpc) is 3.25. The number of carbonyl (C=O) groups excluding carboxylic acids is 1. The number of amides is 2. The number of anilines is 2. The molecule has 1 fully saturated rings. The van der Waals surface area contributed by atoms with Crippen molar-refractivity contribution in [1.29, 1.82) is 0 Å². The van der Waals surface area contributed by atoms with Crippen LogP contribution in [0.5, 0.6) is 0 Å². The normalized spacial score (nSPS) is 18.7. The summed E-state index contributed by atoms with van der Waals surface area (Å²) in [6.07, 6.45) is -1.45. The zero-order valence-corrected chi connectivity index (χ0v) is 17.2. The van der Waals surface area contributed by atoms with Gasteiger partial charge in [-0.05, 0) is 60.6 Å². The topological polar surface area (TPSA) is 69.8 Å². The van der Waals surface area contributed by atoms with Crippen LogP contribution in [0.1, 0.15) is 41.5 Å². The van der Waals surface area contributed by atoms with Crippen LogP contribution in [0.15, 0.2) is 36.4 Å². The van der Waals surface area contributed by atoms with Crippen molar-refractivity contribution >= 4 is 17.4 Å². The van der Waals surface area contributed by atoms with Crippen LogP contribution in [-0.2, 0) is 25.6 Å². The Morgan fingerprint density at radius 2 is 1.94 bits per heavy atom. The second-order valence-corrected chi connectivity index (χ2v) is 8.28. The predicted octanol–water partition coefficient (Wildman–Crippen LogP) is 4.24. The number of aliphatic hydroxyl groups is 1. The van der Waals surface area contributed by atoms with Gasteiger partial charge in [-0.2, -0.15) is 13.2 Å². The summed E-state index contributed by atoms with van der Waals surface area (Å²) in [5.74, 6) is 0. The van der Waals surface area contributed by atoms with Gasteiger partial charge in [-0.25, -0.2) is 4.79 Å². The second-order valence-electron chi connectivity index (χ2n) is 8.28. The van der Waals surface area contributed by atoms with Crippen molar-refractivity contribution in [3.63, 3.8) is 0 Å². The van der Waals surface area contributed by atoms with Crippen molar-refractivity contribution in [1.82, 2.24) is 0 Å². The van der Waals surface area contributed by atoms with E-state index in [1.807, 2.05) is 12.1 Å². The molecule has 1 aliphatic carbocycles. The van der Waals surface area contributed by atoms with E-state index in [2.05, 4.69) is 0 Å². The number of hydrogen-bond donors (Lipinski definition) is 2. The predicted molar refractivity (Wildman–Crippen MR) is 113 cm³/mol. The Morgan fingerprint density at radius 3 is 2.61 bits per heavy atom. The minimum Gasteiger partial charge on any atom is -0.393 e. The van der Waals surface area contributed by atoms with Crippen LogP contribution in [0.25, 0.3) is 0 Å². The first-order valence-electron chi connectivity index (χ1n) is 10.5. The van der Waals surface area contributed by atoms with Crippen molar-refractivity contribution in [2.75, 3.05) is 22.9 Å². The molecular weight excluding hydrogens is 407 g/mol. The van der Waals surface area contributed by atoms with Crippen LogP contribution < -0.4 is 15.5 Å². The van der Waals surface area contributed by atoms with Gasteiger partial charge in [0.2, 0.25) is 0 Å². The number of carbonyl (C=O) groups is 1. The minimum atomic E-state index is -4.45. The van der Waals surface area contributed by atoms with Gasteiger partial charge in [-0.1, -0.05) is 18.2 Å². The Kier molecular flexibility index (Phi) is 5.83. The number of fused-ring (bicyclic) bond motifs is 1. The maximum Gasteiger partial charge on any atom is 0.418 e. The summed E-state index contributed by atoms with van der Waals surface area (Å²) < 4.78 is 40.7. The maximum atomic E-state index is 13.6. The van der Waals surface area contributed by atoms with Crippen LogP contribution in [-0.4, -0.2) is 30.3 Å². The van der Waals surface area contributed by atoms with E-state index in [1.165, 1.54) is 17.0 Å². The number of primary amides is 1. The number of nitrogens with zero attached hydrogens (tertiary/aromatic N) is 2. The number of urea groups is 1. The Morgan fingerprint density at radius 1 is 1.19 bits per heavy atom. The van der Waals surface area contributed by atoms with E-state index in [4.69, 9.17) is 5.73 Å². The van der Waals surface area contributed by atoms with Crippen LogP contribution in [0.4, 0.5) is 29.3 Å². The van der Waals surface area contributed by atoms with Crippen molar-refractivity contribution in [2.45, 2.75) is 50.9 Å². The molecule has 1 unspecified atom stereocenters. The van der Waals surface area contributed by atoms with Crippen molar-refractivity contribution in [3.05, 3.63) is 58.7 Å². The van der Waals surface area contributed by atoms with Crippen molar-refractivity contribution < 1.29 is 23.1 Å².